The van der Waals surface area contributed by atoms with Crippen LogP contribution in [0.25, 0.3) is 0 Å². The Hall–Kier alpha value is -1.60. The molecule has 0 spiro atoms. The largest absolute Gasteiger partial charge is 0.481 e. The Morgan fingerprint density at radius 3 is 2.83 bits per heavy atom. The first-order valence-electron chi connectivity index (χ1n) is 7.55. The van der Waals surface area contributed by atoms with Crippen LogP contribution in [0.4, 0.5) is 13.2 Å². The zero-order valence-corrected chi connectivity index (χ0v) is 12.8. The number of carboxylic acids is 1. The van der Waals surface area contributed by atoms with Gasteiger partial charge in [-0.15, -0.1) is 0 Å². The van der Waals surface area contributed by atoms with Gasteiger partial charge in [-0.25, -0.2) is 0 Å². The second-order valence-corrected chi connectivity index (χ2v) is 5.69. The van der Waals surface area contributed by atoms with Gasteiger partial charge in [0.2, 0.25) is 0 Å². The van der Waals surface area contributed by atoms with Crippen molar-refractivity contribution in [3.05, 3.63) is 35.4 Å². The third-order valence-corrected chi connectivity index (χ3v) is 4.06. The summed E-state index contributed by atoms with van der Waals surface area (Å²) in [6.45, 7) is 3.54. The lowest BCUT2D eigenvalue weighted by molar-refractivity contribution is -0.143. The molecule has 0 saturated carbocycles. The Labute approximate surface area is 132 Å². The van der Waals surface area contributed by atoms with Crippen molar-refractivity contribution in [3.63, 3.8) is 0 Å². The van der Waals surface area contributed by atoms with Gasteiger partial charge in [-0.05, 0) is 24.1 Å². The third kappa shape index (κ3) is 4.68. The molecule has 0 aromatic heterocycles. The normalized spacial score (nSPS) is 21.1. The quantitative estimate of drug-likeness (QED) is 0.900. The first-order valence-corrected chi connectivity index (χ1v) is 7.55. The van der Waals surface area contributed by atoms with Gasteiger partial charge >= 0.3 is 12.1 Å². The van der Waals surface area contributed by atoms with Crippen LogP contribution in [0.5, 0.6) is 0 Å². The molecule has 1 heterocycles. The summed E-state index contributed by atoms with van der Waals surface area (Å²) in [7, 11) is 0. The predicted octanol–water partition coefficient (Wildman–Crippen LogP) is 3.19. The van der Waals surface area contributed by atoms with Crippen LogP contribution >= 0.6 is 0 Å². The molecule has 0 radical (unpaired) electrons. The summed E-state index contributed by atoms with van der Waals surface area (Å²) in [6.07, 6.45) is -4.35. The molecule has 2 rings (SSSR count). The van der Waals surface area contributed by atoms with E-state index in [0.29, 0.717) is 38.2 Å². The number of carbonyl (C=O) groups is 1. The maximum absolute atomic E-state index is 12.8. The van der Waals surface area contributed by atoms with Gasteiger partial charge in [0.15, 0.2) is 0 Å². The van der Waals surface area contributed by atoms with Crippen LogP contribution in [0.3, 0.4) is 0 Å². The number of carboxylic acid groups (broad SMARTS) is 1. The summed E-state index contributed by atoms with van der Waals surface area (Å²) in [4.78, 5) is 13.1. The van der Waals surface area contributed by atoms with Crippen LogP contribution in [0.15, 0.2) is 24.3 Å². The summed E-state index contributed by atoms with van der Waals surface area (Å²) in [5.41, 5.74) is -0.236. The summed E-state index contributed by atoms with van der Waals surface area (Å²) in [5.74, 6) is -1.33. The van der Waals surface area contributed by atoms with E-state index in [-0.39, 0.29) is 0 Å². The van der Waals surface area contributed by atoms with Crippen LogP contribution in [-0.4, -0.2) is 42.2 Å². The van der Waals surface area contributed by atoms with Gasteiger partial charge < -0.3 is 9.84 Å². The molecular formula is C16H20F3NO3. The molecule has 2 unspecified atom stereocenters. The molecule has 1 N–H and O–H groups in total. The minimum Gasteiger partial charge on any atom is -0.481 e. The van der Waals surface area contributed by atoms with Gasteiger partial charge in [0.1, 0.15) is 0 Å². The van der Waals surface area contributed by atoms with Crippen molar-refractivity contribution in [2.24, 2.45) is 5.92 Å². The van der Waals surface area contributed by atoms with Crippen molar-refractivity contribution in [2.75, 3.05) is 26.2 Å². The average Bonchev–Trinajstić information content (AvgIpc) is 2.52. The SMILES string of the molecule is CCC(CN1CCOC(c2cccc(C(F)(F)F)c2)C1)C(=O)O. The molecule has 1 aliphatic heterocycles. The summed E-state index contributed by atoms with van der Waals surface area (Å²) in [6, 6.07) is 5.11. The molecule has 7 heteroatoms. The summed E-state index contributed by atoms with van der Waals surface area (Å²) in [5, 5.41) is 9.13. The number of nitrogens with zero attached hydrogens (tertiary/aromatic N) is 1. The third-order valence-electron chi connectivity index (χ3n) is 4.06. The molecule has 2 atom stereocenters. The molecule has 23 heavy (non-hydrogen) atoms. The zero-order chi connectivity index (χ0) is 17.0. The Morgan fingerprint density at radius 1 is 1.48 bits per heavy atom. The molecule has 0 bridgehead atoms. The topological polar surface area (TPSA) is 49.8 Å². The van der Waals surface area contributed by atoms with E-state index >= 15 is 0 Å². The lowest BCUT2D eigenvalue weighted by Gasteiger charge is -2.34. The molecule has 0 amide bonds. The molecule has 1 aliphatic rings. The Morgan fingerprint density at radius 2 is 2.22 bits per heavy atom. The maximum Gasteiger partial charge on any atom is 0.416 e. The lowest BCUT2D eigenvalue weighted by Crippen LogP contribution is -2.42. The Kier molecular flexibility index (Phi) is 5.64. The van der Waals surface area contributed by atoms with Gasteiger partial charge in [0, 0.05) is 19.6 Å². The molecule has 4 nitrogen and oxygen atoms in total. The number of morpholine rings is 1. The fourth-order valence-electron chi connectivity index (χ4n) is 2.68. The van der Waals surface area contributed by atoms with Gasteiger partial charge in [-0.2, -0.15) is 13.2 Å². The van der Waals surface area contributed by atoms with Crippen LogP contribution in [0.2, 0.25) is 0 Å². The van der Waals surface area contributed by atoms with Crippen LogP contribution in [-0.2, 0) is 15.7 Å². The van der Waals surface area contributed by atoms with Gasteiger partial charge in [0.05, 0.1) is 24.2 Å². The monoisotopic (exact) mass is 331 g/mol. The lowest BCUT2D eigenvalue weighted by atomic mass is 10.0. The minimum atomic E-state index is -4.39. The number of benzene rings is 1. The standard InChI is InChI=1S/C16H20F3NO3/c1-2-11(15(21)22)9-20-6-7-23-14(10-20)12-4-3-5-13(8-12)16(17,18)19/h3-5,8,11,14H,2,6-7,9-10H2,1H3,(H,21,22). The van der Waals surface area contributed by atoms with E-state index < -0.39 is 29.7 Å². The first kappa shape index (κ1) is 17.7. The fraction of sp³-hybridized carbons (Fsp3) is 0.562. The van der Waals surface area contributed by atoms with E-state index in [4.69, 9.17) is 9.84 Å². The molecule has 1 saturated heterocycles. The Bertz CT molecular complexity index is 548. The second kappa shape index (κ2) is 7.31. The highest BCUT2D eigenvalue weighted by Crippen LogP contribution is 2.32. The van der Waals surface area contributed by atoms with Crippen molar-refractivity contribution in [2.45, 2.75) is 25.6 Å². The molecular weight excluding hydrogens is 311 g/mol. The maximum atomic E-state index is 12.8. The fourth-order valence-corrected chi connectivity index (χ4v) is 2.68. The highest BCUT2D eigenvalue weighted by atomic mass is 19.4. The molecule has 128 valence electrons. The number of ether oxygens (including phenoxy) is 1. The number of alkyl halides is 3. The highest BCUT2D eigenvalue weighted by Gasteiger charge is 2.32. The molecule has 1 fully saturated rings. The van der Waals surface area contributed by atoms with E-state index in [1.165, 1.54) is 6.07 Å². The van der Waals surface area contributed by atoms with E-state index in [1.54, 1.807) is 6.07 Å². The van der Waals surface area contributed by atoms with Crippen LogP contribution < -0.4 is 0 Å². The van der Waals surface area contributed by atoms with Crippen molar-refractivity contribution >= 4 is 5.97 Å². The van der Waals surface area contributed by atoms with E-state index in [1.807, 2.05) is 11.8 Å². The van der Waals surface area contributed by atoms with Gasteiger partial charge in [0.25, 0.3) is 0 Å². The van der Waals surface area contributed by atoms with Gasteiger partial charge in [-0.3, -0.25) is 9.69 Å². The van der Waals surface area contributed by atoms with Crippen molar-refractivity contribution in [1.29, 1.82) is 0 Å². The smallest absolute Gasteiger partial charge is 0.416 e. The van der Waals surface area contributed by atoms with E-state index in [2.05, 4.69) is 0 Å². The van der Waals surface area contributed by atoms with E-state index in [0.717, 1.165) is 12.1 Å². The molecule has 0 aliphatic carbocycles. The van der Waals surface area contributed by atoms with Crippen LogP contribution in [0, 0.1) is 5.92 Å². The summed E-state index contributed by atoms with van der Waals surface area (Å²) >= 11 is 0. The molecule has 1 aromatic rings. The van der Waals surface area contributed by atoms with Crippen molar-refractivity contribution in [1.82, 2.24) is 4.90 Å². The number of halogens is 3. The summed E-state index contributed by atoms with van der Waals surface area (Å²) < 4.78 is 44.0. The van der Waals surface area contributed by atoms with Crippen molar-refractivity contribution in [3.8, 4) is 0 Å². The average molecular weight is 331 g/mol. The number of aliphatic carboxylic acids is 1. The number of rotatable bonds is 5. The first-order chi connectivity index (χ1) is 10.8. The second-order valence-electron chi connectivity index (χ2n) is 5.69. The van der Waals surface area contributed by atoms with Crippen molar-refractivity contribution < 1.29 is 27.8 Å². The minimum absolute atomic E-state index is 0.372. The van der Waals surface area contributed by atoms with Crippen LogP contribution in [0.1, 0.15) is 30.6 Å². The number of hydrogen-bond acceptors (Lipinski definition) is 3. The highest BCUT2D eigenvalue weighted by molar-refractivity contribution is 5.70. The molecule has 1 aromatic carbocycles. The Balaban J connectivity index is 2.08. The van der Waals surface area contributed by atoms with E-state index in [9.17, 15) is 18.0 Å². The predicted molar refractivity (Wildman–Crippen MR) is 78.0 cm³/mol. The number of hydrogen-bond donors (Lipinski definition) is 1. The van der Waals surface area contributed by atoms with Gasteiger partial charge in [-0.1, -0.05) is 19.1 Å². The zero-order valence-electron chi connectivity index (χ0n) is 12.8.